The fraction of sp³-hybridized carbons (Fsp3) is 0.533. The molecule has 5 heteroatoms. The third-order valence-electron chi connectivity index (χ3n) is 3.73. The van der Waals surface area contributed by atoms with Crippen LogP contribution in [0.2, 0.25) is 0 Å². The highest BCUT2D eigenvalue weighted by atomic mass is 16.2. The molecule has 2 amide bonds. The average molecular weight is 275 g/mol. The van der Waals surface area contributed by atoms with E-state index in [9.17, 15) is 9.59 Å². The lowest BCUT2D eigenvalue weighted by molar-refractivity contribution is -0.134. The van der Waals surface area contributed by atoms with Crippen molar-refractivity contribution >= 4 is 11.8 Å². The van der Waals surface area contributed by atoms with Crippen molar-refractivity contribution < 1.29 is 9.59 Å². The zero-order chi connectivity index (χ0) is 14.7. The lowest BCUT2D eigenvalue weighted by Crippen LogP contribution is -2.42. The Balaban J connectivity index is 1.95. The Morgan fingerprint density at radius 3 is 2.40 bits per heavy atom. The minimum absolute atomic E-state index is 0.00764. The highest BCUT2D eigenvalue weighted by Gasteiger charge is 2.28. The summed E-state index contributed by atoms with van der Waals surface area (Å²) in [4.78, 5) is 31.8. The Kier molecular flexibility index (Phi) is 4.37. The molecule has 0 bridgehead atoms. The molecule has 0 aliphatic carbocycles. The lowest BCUT2D eigenvalue weighted by atomic mass is 9.95. The van der Waals surface area contributed by atoms with Crippen LogP contribution in [0.4, 0.5) is 0 Å². The Bertz CT molecular complexity index is 488. The quantitative estimate of drug-likeness (QED) is 0.818. The van der Waals surface area contributed by atoms with Crippen molar-refractivity contribution in [2.45, 2.75) is 19.8 Å². The second kappa shape index (κ2) is 6.03. The first-order valence-electron chi connectivity index (χ1n) is 6.92. The Hall–Kier alpha value is -1.91. The maximum absolute atomic E-state index is 12.3. The molecular weight excluding hydrogens is 254 g/mol. The number of hydrogen-bond donors (Lipinski definition) is 0. The topological polar surface area (TPSA) is 53.5 Å². The Labute approximate surface area is 119 Å². The van der Waals surface area contributed by atoms with Crippen molar-refractivity contribution in [2.24, 2.45) is 5.92 Å². The van der Waals surface area contributed by atoms with Gasteiger partial charge in [-0.15, -0.1) is 0 Å². The monoisotopic (exact) mass is 275 g/mol. The predicted molar refractivity (Wildman–Crippen MR) is 76.3 cm³/mol. The molecule has 20 heavy (non-hydrogen) atoms. The standard InChI is InChI=1S/C15H21N3O2/c1-11-4-5-13(10-16-11)15(20)18-8-6-12(7-9-18)14(19)17(2)3/h4-5,10,12H,6-9H2,1-3H3. The van der Waals surface area contributed by atoms with Gasteiger partial charge in [-0.25, -0.2) is 0 Å². The molecule has 0 aromatic carbocycles. The molecule has 1 aliphatic rings. The van der Waals surface area contributed by atoms with Crippen LogP contribution in [0, 0.1) is 12.8 Å². The van der Waals surface area contributed by atoms with Gasteiger partial charge < -0.3 is 9.80 Å². The molecule has 1 aromatic rings. The maximum atomic E-state index is 12.3. The van der Waals surface area contributed by atoms with Gasteiger partial charge in [-0.1, -0.05) is 0 Å². The largest absolute Gasteiger partial charge is 0.349 e. The molecule has 108 valence electrons. The zero-order valence-corrected chi connectivity index (χ0v) is 12.3. The predicted octanol–water partition coefficient (Wildman–Crippen LogP) is 1.33. The van der Waals surface area contributed by atoms with Gasteiger partial charge in [0, 0.05) is 45.0 Å². The van der Waals surface area contributed by atoms with Crippen molar-refractivity contribution in [1.82, 2.24) is 14.8 Å². The summed E-state index contributed by atoms with van der Waals surface area (Å²) in [5.41, 5.74) is 1.52. The molecule has 2 rings (SSSR count). The zero-order valence-electron chi connectivity index (χ0n) is 12.3. The van der Waals surface area contributed by atoms with Crippen molar-refractivity contribution in [1.29, 1.82) is 0 Å². The molecule has 0 atom stereocenters. The number of aromatic nitrogens is 1. The van der Waals surface area contributed by atoms with Gasteiger partial charge in [0.05, 0.1) is 5.56 Å². The third-order valence-corrected chi connectivity index (χ3v) is 3.73. The first-order valence-corrected chi connectivity index (χ1v) is 6.92. The molecule has 1 fully saturated rings. The normalized spacial score (nSPS) is 16.1. The second-order valence-electron chi connectivity index (χ2n) is 5.49. The number of hydrogen-bond acceptors (Lipinski definition) is 3. The van der Waals surface area contributed by atoms with E-state index in [1.54, 1.807) is 25.2 Å². The molecule has 5 nitrogen and oxygen atoms in total. The van der Waals surface area contributed by atoms with E-state index in [1.165, 1.54) is 0 Å². The van der Waals surface area contributed by atoms with E-state index in [4.69, 9.17) is 0 Å². The van der Waals surface area contributed by atoms with Crippen LogP contribution in [-0.4, -0.2) is 53.8 Å². The summed E-state index contributed by atoms with van der Waals surface area (Å²) in [5, 5.41) is 0. The van der Waals surface area contributed by atoms with E-state index in [0.717, 1.165) is 18.5 Å². The van der Waals surface area contributed by atoms with Gasteiger partial charge in [0.15, 0.2) is 0 Å². The molecule has 1 saturated heterocycles. The Morgan fingerprint density at radius 1 is 1.25 bits per heavy atom. The highest BCUT2D eigenvalue weighted by molar-refractivity contribution is 5.94. The number of likely N-dealkylation sites (tertiary alicyclic amines) is 1. The maximum Gasteiger partial charge on any atom is 0.255 e. The first-order chi connectivity index (χ1) is 9.49. The van der Waals surface area contributed by atoms with Gasteiger partial charge in [0.1, 0.15) is 0 Å². The van der Waals surface area contributed by atoms with Crippen LogP contribution < -0.4 is 0 Å². The number of carbonyl (C=O) groups is 2. The number of aryl methyl sites for hydroxylation is 1. The highest BCUT2D eigenvalue weighted by Crippen LogP contribution is 2.20. The van der Waals surface area contributed by atoms with Gasteiger partial charge in [0.25, 0.3) is 5.91 Å². The molecule has 2 heterocycles. The summed E-state index contributed by atoms with van der Waals surface area (Å²) in [6, 6.07) is 3.65. The molecular formula is C15H21N3O2. The van der Waals surface area contributed by atoms with Crippen molar-refractivity contribution in [3.8, 4) is 0 Å². The minimum atomic E-state index is 0.00764. The van der Waals surface area contributed by atoms with E-state index in [-0.39, 0.29) is 17.7 Å². The van der Waals surface area contributed by atoms with E-state index < -0.39 is 0 Å². The fourth-order valence-electron chi connectivity index (χ4n) is 2.47. The number of nitrogens with zero attached hydrogens (tertiary/aromatic N) is 3. The van der Waals surface area contributed by atoms with Crippen LogP contribution >= 0.6 is 0 Å². The van der Waals surface area contributed by atoms with Crippen LogP contribution in [-0.2, 0) is 4.79 Å². The van der Waals surface area contributed by atoms with Crippen LogP contribution in [0.1, 0.15) is 28.9 Å². The van der Waals surface area contributed by atoms with Crippen molar-refractivity contribution in [3.63, 3.8) is 0 Å². The second-order valence-corrected chi connectivity index (χ2v) is 5.49. The molecule has 0 spiro atoms. The number of carbonyl (C=O) groups excluding carboxylic acids is 2. The number of rotatable bonds is 2. The summed E-state index contributed by atoms with van der Waals surface area (Å²) < 4.78 is 0. The van der Waals surface area contributed by atoms with Crippen LogP contribution in [0.15, 0.2) is 18.3 Å². The van der Waals surface area contributed by atoms with Gasteiger partial charge in [-0.3, -0.25) is 14.6 Å². The smallest absolute Gasteiger partial charge is 0.255 e. The van der Waals surface area contributed by atoms with Crippen LogP contribution in [0.3, 0.4) is 0 Å². The van der Waals surface area contributed by atoms with Crippen LogP contribution in [0.5, 0.6) is 0 Å². The third kappa shape index (κ3) is 3.15. The summed E-state index contributed by atoms with van der Waals surface area (Å²) in [6.45, 7) is 3.17. The van der Waals surface area contributed by atoms with Crippen LogP contribution in [0.25, 0.3) is 0 Å². The van der Waals surface area contributed by atoms with E-state index in [2.05, 4.69) is 4.98 Å². The van der Waals surface area contributed by atoms with Crippen molar-refractivity contribution in [3.05, 3.63) is 29.6 Å². The van der Waals surface area contributed by atoms with E-state index in [0.29, 0.717) is 18.7 Å². The number of pyridine rings is 1. The summed E-state index contributed by atoms with van der Waals surface area (Å²) in [6.07, 6.45) is 3.10. The minimum Gasteiger partial charge on any atom is -0.349 e. The molecule has 0 radical (unpaired) electrons. The van der Waals surface area contributed by atoms with Gasteiger partial charge in [0.2, 0.25) is 5.91 Å². The Morgan fingerprint density at radius 2 is 1.90 bits per heavy atom. The van der Waals surface area contributed by atoms with Gasteiger partial charge >= 0.3 is 0 Å². The van der Waals surface area contributed by atoms with E-state index in [1.807, 2.05) is 24.0 Å². The summed E-state index contributed by atoms with van der Waals surface area (Å²) in [5.74, 6) is 0.215. The fourth-order valence-corrected chi connectivity index (χ4v) is 2.47. The SMILES string of the molecule is Cc1ccc(C(=O)N2CCC(C(=O)N(C)C)CC2)cn1. The number of amides is 2. The molecule has 0 unspecified atom stereocenters. The first kappa shape index (κ1) is 14.5. The molecule has 1 aromatic heterocycles. The summed E-state index contributed by atoms with van der Waals surface area (Å²) in [7, 11) is 3.55. The number of piperidine rings is 1. The average Bonchev–Trinajstić information content (AvgIpc) is 2.46. The van der Waals surface area contributed by atoms with Crippen molar-refractivity contribution in [2.75, 3.05) is 27.2 Å². The molecule has 1 aliphatic heterocycles. The lowest BCUT2D eigenvalue weighted by Gasteiger charge is -2.32. The summed E-state index contributed by atoms with van der Waals surface area (Å²) >= 11 is 0. The van der Waals surface area contributed by atoms with E-state index >= 15 is 0 Å². The molecule has 0 saturated carbocycles. The van der Waals surface area contributed by atoms with Gasteiger partial charge in [-0.05, 0) is 31.9 Å². The molecule has 0 N–H and O–H groups in total. The van der Waals surface area contributed by atoms with Gasteiger partial charge in [-0.2, -0.15) is 0 Å².